The number of aromatic amines is 1. The molecule has 0 saturated carbocycles. The number of fused-ring (bicyclic) bond motifs is 1. The number of hydrogen-bond acceptors (Lipinski definition) is 6. The number of nitrogens with two attached hydrogens (primary N) is 1. The van der Waals surface area contributed by atoms with Gasteiger partial charge in [0, 0.05) is 12.0 Å². The number of hydrogen-bond donors (Lipinski definition) is 4. The largest absolute Gasteiger partial charge is 0.395 e. The van der Waals surface area contributed by atoms with Crippen LogP contribution >= 0.6 is 0 Å². The minimum Gasteiger partial charge on any atom is -0.395 e. The molecule has 0 radical (unpaired) electrons. The van der Waals surface area contributed by atoms with Gasteiger partial charge >= 0.3 is 0 Å². The third-order valence-electron chi connectivity index (χ3n) is 5.87. The van der Waals surface area contributed by atoms with E-state index in [4.69, 9.17) is 5.73 Å². The Bertz CT molecular complexity index is 1100. The zero-order valence-electron chi connectivity index (χ0n) is 18.1. The van der Waals surface area contributed by atoms with Gasteiger partial charge in [0.25, 0.3) is 0 Å². The van der Waals surface area contributed by atoms with E-state index in [-0.39, 0.29) is 18.6 Å². The van der Waals surface area contributed by atoms with Crippen LogP contribution in [0.1, 0.15) is 41.9 Å². The van der Waals surface area contributed by atoms with Crippen molar-refractivity contribution in [3.8, 4) is 0 Å². The summed E-state index contributed by atoms with van der Waals surface area (Å²) >= 11 is 0. The van der Waals surface area contributed by atoms with Crippen LogP contribution < -0.4 is 11.1 Å². The number of aryl methyl sites for hydroxylation is 1. The Hall–Kier alpha value is -3.29. The Labute approximate surface area is 188 Å². The lowest BCUT2D eigenvalue weighted by atomic mass is 9.88. The molecule has 0 aliphatic heterocycles. The maximum Gasteiger partial charge on any atom is 0.178 e. The van der Waals surface area contributed by atoms with E-state index in [1.54, 1.807) is 0 Å². The highest BCUT2D eigenvalue weighted by Crippen LogP contribution is 2.32. The maximum absolute atomic E-state index is 9.86. The van der Waals surface area contributed by atoms with Gasteiger partial charge in [-0.1, -0.05) is 65.9 Å². The van der Waals surface area contributed by atoms with E-state index in [1.807, 2.05) is 30.3 Å². The molecule has 2 unspecified atom stereocenters. The first-order valence-corrected chi connectivity index (χ1v) is 11.1. The summed E-state index contributed by atoms with van der Waals surface area (Å²) < 4.78 is 0. The molecular formula is C25H30N6O. The molecule has 4 aromatic rings. The lowest BCUT2D eigenvalue weighted by Gasteiger charge is -2.21. The molecule has 2 aromatic carbocycles. The average molecular weight is 431 g/mol. The first kappa shape index (κ1) is 21.9. The SMILES string of the molecule is Nc1cc(C(CCNC(CO)CCCc2ccccc2)c2ccccc2)c2nn[nH]c2n1. The molecule has 0 fully saturated rings. The highest BCUT2D eigenvalue weighted by molar-refractivity contribution is 5.77. The first-order chi connectivity index (χ1) is 15.7. The van der Waals surface area contributed by atoms with Crippen molar-refractivity contribution in [3.63, 3.8) is 0 Å². The van der Waals surface area contributed by atoms with E-state index in [0.29, 0.717) is 11.5 Å². The summed E-state index contributed by atoms with van der Waals surface area (Å²) in [7, 11) is 0. The average Bonchev–Trinajstić information content (AvgIpc) is 3.30. The van der Waals surface area contributed by atoms with Crippen molar-refractivity contribution in [1.82, 2.24) is 25.7 Å². The molecule has 0 spiro atoms. The van der Waals surface area contributed by atoms with Gasteiger partial charge in [-0.3, -0.25) is 0 Å². The van der Waals surface area contributed by atoms with Gasteiger partial charge in [-0.05, 0) is 55.0 Å². The Morgan fingerprint density at radius 1 is 1.00 bits per heavy atom. The van der Waals surface area contributed by atoms with Crippen molar-refractivity contribution in [1.29, 1.82) is 0 Å². The van der Waals surface area contributed by atoms with Gasteiger partial charge in [-0.25, -0.2) is 10.1 Å². The molecule has 2 atom stereocenters. The summed E-state index contributed by atoms with van der Waals surface area (Å²) in [6, 6.07) is 22.8. The van der Waals surface area contributed by atoms with Crippen LogP contribution in [0.5, 0.6) is 0 Å². The molecule has 0 amide bonds. The lowest BCUT2D eigenvalue weighted by molar-refractivity contribution is 0.233. The molecule has 0 bridgehead atoms. The Morgan fingerprint density at radius 2 is 1.75 bits per heavy atom. The highest BCUT2D eigenvalue weighted by atomic mass is 16.3. The van der Waals surface area contributed by atoms with Crippen molar-refractivity contribution in [2.75, 3.05) is 18.9 Å². The predicted octanol–water partition coefficient (Wildman–Crippen LogP) is 3.43. The van der Waals surface area contributed by atoms with Crippen molar-refractivity contribution in [3.05, 3.63) is 83.4 Å². The van der Waals surface area contributed by atoms with E-state index < -0.39 is 0 Å². The summed E-state index contributed by atoms with van der Waals surface area (Å²) in [4.78, 5) is 4.30. The fourth-order valence-corrected chi connectivity index (χ4v) is 4.22. The van der Waals surface area contributed by atoms with Gasteiger partial charge in [-0.15, -0.1) is 5.10 Å². The minimum absolute atomic E-state index is 0.0738. The lowest BCUT2D eigenvalue weighted by Crippen LogP contribution is -2.34. The Balaban J connectivity index is 1.42. The van der Waals surface area contributed by atoms with Crippen LogP contribution in [0.15, 0.2) is 66.7 Å². The minimum atomic E-state index is 0.0738. The number of nitrogen functional groups attached to an aromatic ring is 1. The van der Waals surface area contributed by atoms with Crippen LogP contribution in [0.4, 0.5) is 5.82 Å². The van der Waals surface area contributed by atoms with Crippen molar-refractivity contribution in [2.45, 2.75) is 37.6 Å². The predicted molar refractivity (Wildman–Crippen MR) is 127 cm³/mol. The zero-order chi connectivity index (χ0) is 22.2. The number of nitrogens with one attached hydrogen (secondary N) is 2. The van der Waals surface area contributed by atoms with Crippen LogP contribution in [0, 0.1) is 0 Å². The molecular weight excluding hydrogens is 400 g/mol. The van der Waals surface area contributed by atoms with Gasteiger partial charge in [-0.2, -0.15) is 0 Å². The number of benzene rings is 2. The van der Waals surface area contributed by atoms with Crippen LogP contribution in [0.2, 0.25) is 0 Å². The van der Waals surface area contributed by atoms with Crippen LogP contribution in [-0.4, -0.2) is 44.7 Å². The molecule has 2 heterocycles. The second-order valence-corrected chi connectivity index (χ2v) is 8.11. The third-order valence-corrected chi connectivity index (χ3v) is 5.87. The van der Waals surface area contributed by atoms with Gasteiger partial charge < -0.3 is 16.2 Å². The monoisotopic (exact) mass is 430 g/mol. The summed E-state index contributed by atoms with van der Waals surface area (Å²) in [5.41, 5.74) is 10.9. The van der Waals surface area contributed by atoms with Crippen molar-refractivity contribution >= 4 is 17.0 Å². The summed E-state index contributed by atoms with van der Waals surface area (Å²) in [6.45, 7) is 0.887. The molecule has 4 rings (SSSR count). The number of H-pyrrole nitrogens is 1. The molecule has 0 saturated heterocycles. The molecule has 32 heavy (non-hydrogen) atoms. The highest BCUT2D eigenvalue weighted by Gasteiger charge is 2.20. The quantitative estimate of drug-likeness (QED) is 0.290. The second-order valence-electron chi connectivity index (χ2n) is 8.11. The van der Waals surface area contributed by atoms with E-state index in [2.05, 4.69) is 62.1 Å². The summed E-state index contributed by atoms with van der Waals surface area (Å²) in [5.74, 6) is 0.534. The van der Waals surface area contributed by atoms with Gasteiger partial charge in [0.05, 0.1) is 6.61 Å². The molecule has 7 heteroatoms. The zero-order valence-corrected chi connectivity index (χ0v) is 18.1. The van der Waals surface area contributed by atoms with E-state index in [0.717, 1.165) is 43.3 Å². The second kappa shape index (κ2) is 10.8. The smallest absolute Gasteiger partial charge is 0.178 e. The third kappa shape index (κ3) is 5.49. The first-order valence-electron chi connectivity index (χ1n) is 11.1. The normalized spacial score (nSPS) is 13.3. The van der Waals surface area contributed by atoms with Crippen molar-refractivity contribution < 1.29 is 5.11 Å². The number of aromatic nitrogens is 4. The summed E-state index contributed by atoms with van der Waals surface area (Å²) in [5, 5.41) is 24.4. The maximum atomic E-state index is 9.86. The fourth-order valence-electron chi connectivity index (χ4n) is 4.22. The molecule has 2 aromatic heterocycles. The molecule has 5 N–H and O–H groups in total. The Morgan fingerprint density at radius 3 is 2.50 bits per heavy atom. The fraction of sp³-hybridized carbons (Fsp3) is 0.320. The summed E-state index contributed by atoms with van der Waals surface area (Å²) in [6.07, 6.45) is 3.82. The van der Waals surface area contributed by atoms with Gasteiger partial charge in [0.15, 0.2) is 5.65 Å². The molecule has 7 nitrogen and oxygen atoms in total. The van der Waals surface area contributed by atoms with Crippen molar-refractivity contribution in [2.24, 2.45) is 0 Å². The van der Waals surface area contributed by atoms with E-state index in [1.165, 1.54) is 11.1 Å². The number of aliphatic hydroxyl groups is 1. The van der Waals surface area contributed by atoms with Crippen LogP contribution in [0.3, 0.4) is 0 Å². The molecule has 166 valence electrons. The number of pyridine rings is 1. The van der Waals surface area contributed by atoms with Gasteiger partial charge in [0.2, 0.25) is 0 Å². The Kier molecular flexibility index (Phi) is 7.42. The van der Waals surface area contributed by atoms with E-state index >= 15 is 0 Å². The van der Waals surface area contributed by atoms with Gasteiger partial charge in [0.1, 0.15) is 11.3 Å². The topological polar surface area (TPSA) is 113 Å². The number of aliphatic hydroxyl groups excluding tert-OH is 1. The number of anilines is 1. The van der Waals surface area contributed by atoms with E-state index in [9.17, 15) is 5.11 Å². The molecule has 0 aliphatic rings. The standard InChI is InChI=1S/C25H30N6O/c26-23-16-22(24-25(28-23)30-31-29-24)21(19-11-5-2-6-12-19)14-15-27-20(17-32)13-7-10-18-8-3-1-4-9-18/h1-6,8-9,11-12,16,20-21,27,32H,7,10,13-15,17H2,(H3,26,28,29,30,31). The number of rotatable bonds is 11. The number of nitrogens with zero attached hydrogens (tertiary/aromatic N) is 3. The molecule has 0 aliphatic carbocycles. The van der Waals surface area contributed by atoms with Crippen LogP contribution in [0.25, 0.3) is 11.2 Å². The van der Waals surface area contributed by atoms with Crippen LogP contribution in [-0.2, 0) is 6.42 Å².